The molecule has 3 N–H and O–H groups in total. The van der Waals surface area contributed by atoms with Crippen LogP contribution in [0.3, 0.4) is 0 Å². The second-order valence-corrected chi connectivity index (χ2v) is 7.70. The molecule has 162 valence electrons. The van der Waals surface area contributed by atoms with Gasteiger partial charge in [0.05, 0.1) is 23.7 Å². The molecule has 0 amide bonds. The number of ether oxygens (including phenoxy) is 1. The number of anilines is 3. The van der Waals surface area contributed by atoms with Crippen LogP contribution in [0.2, 0.25) is 0 Å². The molecule has 10 nitrogen and oxygen atoms in total. The molecule has 0 radical (unpaired) electrons. The van der Waals surface area contributed by atoms with Gasteiger partial charge < -0.3 is 20.3 Å². The van der Waals surface area contributed by atoms with E-state index in [4.69, 9.17) is 20.5 Å². The fourth-order valence-corrected chi connectivity index (χ4v) is 3.53. The summed E-state index contributed by atoms with van der Waals surface area (Å²) in [4.78, 5) is 13.1. The van der Waals surface area contributed by atoms with E-state index in [1.54, 1.807) is 12.3 Å². The summed E-state index contributed by atoms with van der Waals surface area (Å²) >= 11 is 0. The molecule has 4 heterocycles. The molecule has 4 rings (SSSR count). The predicted octanol–water partition coefficient (Wildman–Crippen LogP) is 2.28. The van der Waals surface area contributed by atoms with Gasteiger partial charge >= 0.3 is 0 Å². The van der Waals surface area contributed by atoms with Gasteiger partial charge in [0.25, 0.3) is 0 Å². The molecule has 0 spiro atoms. The topological polar surface area (TPSA) is 130 Å². The number of piperazine rings is 1. The fraction of sp³-hybridized carbons (Fsp3) is 0.381. The zero-order valence-corrected chi connectivity index (χ0v) is 17.9. The fourth-order valence-electron chi connectivity index (χ4n) is 3.53. The second-order valence-electron chi connectivity index (χ2n) is 7.70. The van der Waals surface area contributed by atoms with Crippen molar-refractivity contribution in [2.24, 2.45) is 0 Å². The number of nitrogens with one attached hydrogen (secondary N) is 1. The highest BCUT2D eigenvalue weighted by Crippen LogP contribution is 2.24. The smallest absolute Gasteiger partial charge is 0.214 e. The maximum absolute atomic E-state index is 8.71. The van der Waals surface area contributed by atoms with Crippen LogP contribution in [-0.2, 0) is 0 Å². The SMILES string of the molecule is Cc1nonc1N1CCN(c2cc(C(=N)c3cc(OC(C)C)ncc3N)ccn2)CC1. The lowest BCUT2D eigenvalue weighted by Gasteiger charge is -2.35. The van der Waals surface area contributed by atoms with Crippen LogP contribution in [0.4, 0.5) is 17.3 Å². The third-order valence-electron chi connectivity index (χ3n) is 5.10. The monoisotopic (exact) mass is 422 g/mol. The molecule has 10 heteroatoms. The number of nitrogen functional groups attached to an aromatic ring is 1. The Labute approximate surface area is 180 Å². The Morgan fingerprint density at radius 3 is 2.55 bits per heavy atom. The van der Waals surface area contributed by atoms with Crippen LogP contribution < -0.4 is 20.3 Å². The highest BCUT2D eigenvalue weighted by atomic mass is 16.6. The van der Waals surface area contributed by atoms with Gasteiger partial charge in [0.2, 0.25) is 5.88 Å². The summed E-state index contributed by atoms with van der Waals surface area (Å²) < 4.78 is 10.5. The van der Waals surface area contributed by atoms with Crippen molar-refractivity contribution >= 4 is 23.0 Å². The van der Waals surface area contributed by atoms with Crippen molar-refractivity contribution in [2.45, 2.75) is 26.9 Å². The Kier molecular flexibility index (Phi) is 5.70. The minimum atomic E-state index is -0.0128. The first-order valence-electron chi connectivity index (χ1n) is 10.2. The molecule has 1 saturated heterocycles. The van der Waals surface area contributed by atoms with Crippen LogP contribution in [0.25, 0.3) is 0 Å². The van der Waals surface area contributed by atoms with E-state index in [0.29, 0.717) is 22.8 Å². The molecule has 31 heavy (non-hydrogen) atoms. The minimum Gasteiger partial charge on any atom is -0.475 e. The zero-order valence-electron chi connectivity index (χ0n) is 17.9. The number of nitrogens with two attached hydrogens (primary N) is 1. The second kappa shape index (κ2) is 8.58. The van der Waals surface area contributed by atoms with Gasteiger partial charge in [0.1, 0.15) is 11.5 Å². The molecule has 1 aliphatic rings. The number of hydrogen-bond donors (Lipinski definition) is 2. The molecule has 0 atom stereocenters. The van der Waals surface area contributed by atoms with Gasteiger partial charge in [-0.1, -0.05) is 5.16 Å². The summed E-state index contributed by atoms with van der Waals surface area (Å²) in [6.07, 6.45) is 3.24. The van der Waals surface area contributed by atoms with Crippen LogP contribution >= 0.6 is 0 Å². The Morgan fingerprint density at radius 2 is 1.87 bits per heavy atom. The molecular formula is C21H26N8O2. The first-order chi connectivity index (χ1) is 14.9. The lowest BCUT2D eigenvalue weighted by molar-refractivity contribution is 0.232. The van der Waals surface area contributed by atoms with Crippen LogP contribution in [0.5, 0.6) is 5.88 Å². The zero-order chi connectivity index (χ0) is 22.0. The Balaban J connectivity index is 1.50. The third kappa shape index (κ3) is 4.42. The molecule has 1 fully saturated rings. The van der Waals surface area contributed by atoms with Crippen LogP contribution in [-0.4, -0.2) is 58.3 Å². The quantitative estimate of drug-likeness (QED) is 0.574. The summed E-state index contributed by atoms with van der Waals surface area (Å²) in [5, 5.41) is 16.6. The van der Waals surface area contributed by atoms with Crippen molar-refractivity contribution in [3.63, 3.8) is 0 Å². The van der Waals surface area contributed by atoms with E-state index in [1.165, 1.54) is 6.20 Å². The summed E-state index contributed by atoms with van der Waals surface area (Å²) in [5.41, 5.74) is 8.95. The van der Waals surface area contributed by atoms with Gasteiger partial charge in [-0.25, -0.2) is 14.6 Å². The average Bonchev–Trinajstić information content (AvgIpc) is 3.20. The number of rotatable bonds is 6. The molecule has 3 aromatic rings. The van der Waals surface area contributed by atoms with Crippen LogP contribution in [0.1, 0.15) is 30.7 Å². The molecule has 0 aliphatic carbocycles. The van der Waals surface area contributed by atoms with Gasteiger partial charge in [-0.2, -0.15) is 0 Å². The van der Waals surface area contributed by atoms with Crippen molar-refractivity contribution in [2.75, 3.05) is 41.7 Å². The van der Waals surface area contributed by atoms with E-state index in [0.717, 1.165) is 49.1 Å². The summed E-state index contributed by atoms with van der Waals surface area (Å²) in [5.74, 6) is 2.06. The van der Waals surface area contributed by atoms with E-state index in [1.807, 2.05) is 32.9 Å². The first-order valence-corrected chi connectivity index (χ1v) is 10.2. The summed E-state index contributed by atoms with van der Waals surface area (Å²) in [6.45, 7) is 8.87. The maximum Gasteiger partial charge on any atom is 0.214 e. The van der Waals surface area contributed by atoms with Gasteiger partial charge in [0.15, 0.2) is 5.82 Å². The normalized spacial score (nSPS) is 14.2. The molecule has 3 aromatic heterocycles. The third-order valence-corrected chi connectivity index (χ3v) is 5.10. The highest BCUT2D eigenvalue weighted by Gasteiger charge is 2.23. The standard InChI is InChI=1S/C21H26N8O2/c1-13(2)30-19-11-16(17(22)12-25-19)20(23)15-4-5-24-18(10-15)28-6-8-29(9-7-28)21-14(3)26-31-27-21/h4-5,10-13,23H,6-9,22H2,1-3H3. The molecule has 0 bridgehead atoms. The van der Waals surface area contributed by atoms with Crippen molar-refractivity contribution in [1.82, 2.24) is 20.3 Å². The molecule has 0 unspecified atom stereocenters. The van der Waals surface area contributed by atoms with Gasteiger partial charge in [0, 0.05) is 49.6 Å². The number of aromatic nitrogens is 4. The van der Waals surface area contributed by atoms with Crippen molar-refractivity contribution in [3.8, 4) is 5.88 Å². The Morgan fingerprint density at radius 1 is 1.13 bits per heavy atom. The summed E-state index contributed by atoms with van der Waals surface area (Å²) in [6, 6.07) is 5.45. The number of hydrogen-bond acceptors (Lipinski definition) is 10. The largest absolute Gasteiger partial charge is 0.475 e. The molecule has 0 aromatic carbocycles. The van der Waals surface area contributed by atoms with Crippen LogP contribution in [0, 0.1) is 12.3 Å². The predicted molar refractivity (Wildman–Crippen MR) is 118 cm³/mol. The maximum atomic E-state index is 8.71. The van der Waals surface area contributed by atoms with Crippen molar-refractivity contribution in [3.05, 3.63) is 47.4 Å². The molecular weight excluding hydrogens is 396 g/mol. The lowest BCUT2D eigenvalue weighted by Crippen LogP contribution is -2.47. The summed E-state index contributed by atoms with van der Waals surface area (Å²) in [7, 11) is 0. The Hall–Kier alpha value is -3.69. The number of nitrogens with zero attached hydrogens (tertiary/aromatic N) is 6. The van der Waals surface area contributed by atoms with Gasteiger partial charge in [-0.3, -0.25) is 5.41 Å². The number of pyridine rings is 2. The highest BCUT2D eigenvalue weighted by molar-refractivity contribution is 6.14. The van der Waals surface area contributed by atoms with E-state index < -0.39 is 0 Å². The van der Waals surface area contributed by atoms with Gasteiger partial charge in [-0.15, -0.1) is 0 Å². The van der Waals surface area contributed by atoms with E-state index >= 15 is 0 Å². The minimum absolute atomic E-state index is 0.0128. The average molecular weight is 422 g/mol. The first kappa shape index (κ1) is 20.6. The van der Waals surface area contributed by atoms with E-state index in [9.17, 15) is 0 Å². The molecule has 0 saturated carbocycles. The van der Waals surface area contributed by atoms with Crippen molar-refractivity contribution < 1.29 is 9.37 Å². The van der Waals surface area contributed by atoms with Gasteiger partial charge in [-0.05, 0) is 38.1 Å². The van der Waals surface area contributed by atoms with E-state index in [-0.39, 0.29) is 6.10 Å². The molecule has 1 aliphatic heterocycles. The van der Waals surface area contributed by atoms with Crippen molar-refractivity contribution in [1.29, 1.82) is 5.41 Å². The lowest BCUT2D eigenvalue weighted by atomic mass is 10.0. The Bertz CT molecular complexity index is 1070. The van der Waals surface area contributed by atoms with E-state index in [2.05, 4.69) is 30.1 Å². The van der Waals surface area contributed by atoms with Crippen LogP contribution in [0.15, 0.2) is 35.2 Å². The number of aryl methyl sites for hydroxylation is 1.